The van der Waals surface area contributed by atoms with Crippen molar-refractivity contribution in [1.29, 1.82) is 0 Å². The maximum absolute atomic E-state index is 9.05. The van der Waals surface area contributed by atoms with E-state index in [1.54, 1.807) is 0 Å². The number of aryl methyl sites for hydroxylation is 2. The summed E-state index contributed by atoms with van der Waals surface area (Å²) >= 11 is 0. The number of aliphatic hydroxyl groups is 1. The lowest BCUT2D eigenvalue weighted by atomic mass is 10.1. The van der Waals surface area contributed by atoms with Crippen LogP contribution in [0.1, 0.15) is 16.8 Å². The summed E-state index contributed by atoms with van der Waals surface area (Å²) in [6.45, 7) is 4.31. The molecule has 4 nitrogen and oxygen atoms in total. The normalized spacial score (nSPS) is 15.0. The van der Waals surface area contributed by atoms with Gasteiger partial charge in [-0.1, -0.05) is 24.3 Å². The molecule has 0 atom stereocenters. The third-order valence-corrected chi connectivity index (χ3v) is 4.17. The van der Waals surface area contributed by atoms with Crippen molar-refractivity contribution in [3.63, 3.8) is 0 Å². The van der Waals surface area contributed by atoms with Crippen LogP contribution >= 0.6 is 0 Å². The van der Waals surface area contributed by atoms with E-state index in [0.29, 0.717) is 0 Å². The highest BCUT2D eigenvalue weighted by atomic mass is 16.3. The molecule has 3 rings (SSSR count). The third kappa shape index (κ3) is 3.84. The van der Waals surface area contributed by atoms with E-state index in [1.807, 2.05) is 18.3 Å². The highest BCUT2D eigenvalue weighted by Gasteiger charge is 2.10. The Morgan fingerprint density at radius 3 is 2.32 bits per heavy atom. The van der Waals surface area contributed by atoms with Crippen molar-refractivity contribution in [2.24, 2.45) is 0 Å². The smallest absolute Gasteiger partial charge is 0.0681 e. The number of benzene rings is 1. The van der Waals surface area contributed by atoms with Gasteiger partial charge in [0.15, 0.2) is 0 Å². The van der Waals surface area contributed by atoms with Gasteiger partial charge in [0.25, 0.3) is 0 Å². The molecule has 0 amide bonds. The minimum Gasteiger partial charge on any atom is -0.392 e. The molecule has 1 saturated heterocycles. The Morgan fingerprint density at radius 1 is 0.955 bits per heavy atom. The standard InChI is InChI=1S/C18H23N3O/c22-14-16-3-1-15(2-4-16)5-6-17-7-8-18(13-20-17)21-11-9-19-10-12-21/h1-4,7-8,13,19,22H,5-6,9-12,14H2. The fraction of sp³-hybridized carbons (Fsp3) is 0.389. The van der Waals surface area contributed by atoms with Gasteiger partial charge in [-0.25, -0.2) is 0 Å². The Morgan fingerprint density at radius 2 is 1.68 bits per heavy atom. The molecule has 1 aliphatic heterocycles. The number of rotatable bonds is 5. The highest BCUT2D eigenvalue weighted by molar-refractivity contribution is 5.45. The molecule has 0 saturated carbocycles. The summed E-state index contributed by atoms with van der Waals surface area (Å²) in [5, 5.41) is 12.4. The first-order valence-electron chi connectivity index (χ1n) is 7.94. The molecular formula is C18H23N3O. The number of aliphatic hydroxyl groups excluding tert-OH is 1. The zero-order valence-electron chi connectivity index (χ0n) is 12.8. The second-order valence-electron chi connectivity index (χ2n) is 5.72. The van der Waals surface area contributed by atoms with Crippen LogP contribution in [0.4, 0.5) is 5.69 Å². The molecule has 116 valence electrons. The molecule has 0 bridgehead atoms. The van der Waals surface area contributed by atoms with Crippen LogP contribution in [0, 0.1) is 0 Å². The molecule has 0 spiro atoms. The van der Waals surface area contributed by atoms with E-state index in [9.17, 15) is 0 Å². The Bertz CT molecular complexity index is 574. The molecule has 2 N–H and O–H groups in total. The number of hydrogen-bond donors (Lipinski definition) is 2. The van der Waals surface area contributed by atoms with E-state index < -0.39 is 0 Å². The summed E-state index contributed by atoms with van der Waals surface area (Å²) in [6, 6.07) is 12.5. The molecule has 1 fully saturated rings. The number of piperazine rings is 1. The zero-order chi connectivity index (χ0) is 15.2. The van der Waals surface area contributed by atoms with Crippen LogP contribution in [0.2, 0.25) is 0 Å². The summed E-state index contributed by atoms with van der Waals surface area (Å²) in [5.41, 5.74) is 4.59. The molecule has 2 aromatic rings. The maximum Gasteiger partial charge on any atom is 0.0681 e. The summed E-state index contributed by atoms with van der Waals surface area (Å²) in [7, 11) is 0. The van der Waals surface area contributed by atoms with Crippen molar-refractivity contribution in [2.75, 3.05) is 31.1 Å². The van der Waals surface area contributed by atoms with Gasteiger partial charge >= 0.3 is 0 Å². The average molecular weight is 297 g/mol. The van der Waals surface area contributed by atoms with Crippen molar-refractivity contribution in [1.82, 2.24) is 10.3 Å². The second-order valence-corrected chi connectivity index (χ2v) is 5.72. The van der Waals surface area contributed by atoms with E-state index >= 15 is 0 Å². The van der Waals surface area contributed by atoms with Crippen LogP contribution in [-0.2, 0) is 19.4 Å². The summed E-state index contributed by atoms with van der Waals surface area (Å²) in [6.07, 6.45) is 3.92. The van der Waals surface area contributed by atoms with Gasteiger partial charge in [0.05, 0.1) is 18.5 Å². The predicted octanol–water partition coefficient (Wildman–Crippen LogP) is 1.77. The highest BCUT2D eigenvalue weighted by Crippen LogP contribution is 2.15. The van der Waals surface area contributed by atoms with Crippen LogP contribution in [0.15, 0.2) is 42.6 Å². The van der Waals surface area contributed by atoms with E-state index in [-0.39, 0.29) is 6.61 Å². The number of pyridine rings is 1. The van der Waals surface area contributed by atoms with Crippen molar-refractivity contribution in [2.45, 2.75) is 19.4 Å². The van der Waals surface area contributed by atoms with Gasteiger partial charge in [-0.15, -0.1) is 0 Å². The van der Waals surface area contributed by atoms with Crippen LogP contribution < -0.4 is 10.2 Å². The Hall–Kier alpha value is -1.91. The molecule has 4 heteroatoms. The zero-order valence-corrected chi connectivity index (χ0v) is 12.8. The number of anilines is 1. The molecule has 1 aliphatic rings. The Labute approximate surface area is 131 Å². The van der Waals surface area contributed by atoms with E-state index in [1.165, 1.54) is 11.3 Å². The largest absolute Gasteiger partial charge is 0.392 e. The summed E-state index contributed by atoms with van der Waals surface area (Å²) < 4.78 is 0. The molecule has 0 radical (unpaired) electrons. The van der Waals surface area contributed by atoms with Crippen LogP contribution in [-0.4, -0.2) is 36.3 Å². The van der Waals surface area contributed by atoms with E-state index in [2.05, 4.69) is 39.5 Å². The van der Waals surface area contributed by atoms with Gasteiger partial charge < -0.3 is 15.3 Å². The monoisotopic (exact) mass is 297 g/mol. The number of nitrogens with one attached hydrogen (secondary N) is 1. The molecule has 1 aromatic heterocycles. The van der Waals surface area contributed by atoms with Gasteiger partial charge in [-0.05, 0) is 36.1 Å². The predicted molar refractivity (Wildman–Crippen MR) is 89.1 cm³/mol. The van der Waals surface area contributed by atoms with Crippen LogP contribution in [0.3, 0.4) is 0 Å². The lowest BCUT2D eigenvalue weighted by molar-refractivity contribution is 0.282. The fourth-order valence-electron chi connectivity index (χ4n) is 2.76. The van der Waals surface area contributed by atoms with Crippen LogP contribution in [0.25, 0.3) is 0 Å². The van der Waals surface area contributed by atoms with Gasteiger partial charge in [-0.3, -0.25) is 4.98 Å². The second kappa shape index (κ2) is 7.38. The van der Waals surface area contributed by atoms with E-state index in [0.717, 1.165) is 50.3 Å². The number of aromatic nitrogens is 1. The van der Waals surface area contributed by atoms with Crippen molar-refractivity contribution >= 4 is 5.69 Å². The molecular weight excluding hydrogens is 274 g/mol. The lowest BCUT2D eigenvalue weighted by Gasteiger charge is -2.29. The summed E-state index contributed by atoms with van der Waals surface area (Å²) in [5.74, 6) is 0. The molecule has 2 heterocycles. The van der Waals surface area contributed by atoms with Gasteiger partial charge in [0.1, 0.15) is 0 Å². The quantitative estimate of drug-likeness (QED) is 0.883. The van der Waals surface area contributed by atoms with Crippen molar-refractivity contribution in [3.8, 4) is 0 Å². The minimum absolute atomic E-state index is 0.106. The third-order valence-electron chi connectivity index (χ3n) is 4.17. The first kappa shape index (κ1) is 15.0. The van der Waals surface area contributed by atoms with Gasteiger partial charge in [-0.2, -0.15) is 0 Å². The number of nitrogens with zero attached hydrogens (tertiary/aromatic N) is 2. The van der Waals surface area contributed by atoms with E-state index in [4.69, 9.17) is 5.11 Å². The molecule has 1 aromatic carbocycles. The molecule has 22 heavy (non-hydrogen) atoms. The molecule has 0 unspecified atom stereocenters. The number of hydrogen-bond acceptors (Lipinski definition) is 4. The maximum atomic E-state index is 9.05. The van der Waals surface area contributed by atoms with Crippen molar-refractivity contribution in [3.05, 3.63) is 59.4 Å². The topological polar surface area (TPSA) is 48.4 Å². The lowest BCUT2D eigenvalue weighted by Crippen LogP contribution is -2.43. The van der Waals surface area contributed by atoms with Crippen LogP contribution in [0.5, 0.6) is 0 Å². The van der Waals surface area contributed by atoms with Gasteiger partial charge in [0, 0.05) is 31.9 Å². The summed E-state index contributed by atoms with van der Waals surface area (Å²) in [4.78, 5) is 6.98. The Kier molecular flexibility index (Phi) is 5.03. The Balaban J connectivity index is 1.56. The van der Waals surface area contributed by atoms with Crippen molar-refractivity contribution < 1.29 is 5.11 Å². The fourth-order valence-corrected chi connectivity index (χ4v) is 2.76. The minimum atomic E-state index is 0.106. The molecule has 0 aliphatic carbocycles. The van der Waals surface area contributed by atoms with Gasteiger partial charge in [0.2, 0.25) is 0 Å². The first-order chi connectivity index (χ1) is 10.8. The first-order valence-corrected chi connectivity index (χ1v) is 7.94. The SMILES string of the molecule is OCc1ccc(CCc2ccc(N3CCNCC3)cn2)cc1. The average Bonchev–Trinajstić information content (AvgIpc) is 2.61.